The molecule has 2 N–H and O–H groups in total. The van der Waals surface area contributed by atoms with E-state index in [0.717, 1.165) is 0 Å². The van der Waals surface area contributed by atoms with Gasteiger partial charge in [0.05, 0.1) is 0 Å². The molecule has 0 saturated heterocycles. The second-order valence-corrected chi connectivity index (χ2v) is 5.46. The third-order valence-electron chi connectivity index (χ3n) is 2.31. The molecule has 0 aliphatic carbocycles. The van der Waals surface area contributed by atoms with Gasteiger partial charge in [-0.25, -0.2) is 0 Å². The summed E-state index contributed by atoms with van der Waals surface area (Å²) < 4.78 is 1.33. The molecular weight excluding hydrogens is 190 g/mol. The number of aryl methyl sites for hydroxylation is 1. The summed E-state index contributed by atoms with van der Waals surface area (Å²) >= 11 is 1.79. The second-order valence-electron chi connectivity index (χ2n) is 4.37. The van der Waals surface area contributed by atoms with Crippen LogP contribution in [0.2, 0.25) is 0 Å². The quantitative estimate of drug-likeness (QED) is 0.758. The fraction of sp³-hybridized carbons (Fsp3) is 0.333. The Hall–Kier alpha value is -0.860. The maximum absolute atomic E-state index is 6.07. The van der Waals surface area contributed by atoms with Gasteiger partial charge in [-0.05, 0) is 43.9 Å². The van der Waals surface area contributed by atoms with Crippen LogP contribution in [0.5, 0.6) is 0 Å². The zero-order valence-electron chi connectivity index (χ0n) is 8.79. The first-order chi connectivity index (χ1) is 6.47. The number of nitrogens with two attached hydrogens (primary N) is 1. The van der Waals surface area contributed by atoms with Crippen LogP contribution in [0.1, 0.15) is 24.3 Å². The van der Waals surface area contributed by atoms with Crippen molar-refractivity contribution in [2.24, 2.45) is 5.73 Å². The van der Waals surface area contributed by atoms with E-state index >= 15 is 0 Å². The number of benzene rings is 1. The summed E-state index contributed by atoms with van der Waals surface area (Å²) in [5.41, 5.74) is 7.15. The summed E-state index contributed by atoms with van der Waals surface area (Å²) in [7, 11) is 0. The number of fused-ring (bicyclic) bond motifs is 1. The Labute approximate surface area is 88.6 Å². The second kappa shape index (κ2) is 3.07. The van der Waals surface area contributed by atoms with Crippen molar-refractivity contribution in [1.82, 2.24) is 0 Å². The predicted octanol–water partition coefficient (Wildman–Crippen LogP) is 3.40. The minimum Gasteiger partial charge on any atom is -0.321 e. The highest BCUT2D eigenvalue weighted by atomic mass is 32.1. The van der Waals surface area contributed by atoms with Crippen LogP contribution in [-0.4, -0.2) is 0 Å². The Morgan fingerprint density at radius 3 is 2.57 bits per heavy atom. The minimum atomic E-state index is -0.225. The first-order valence-electron chi connectivity index (χ1n) is 4.76. The Morgan fingerprint density at radius 2 is 1.93 bits per heavy atom. The Balaban J connectivity index is 2.63. The average Bonchev–Trinajstić information content (AvgIpc) is 2.45. The Bertz CT molecular complexity index is 463. The van der Waals surface area contributed by atoms with Crippen molar-refractivity contribution in [2.45, 2.75) is 26.3 Å². The molecule has 0 amide bonds. The maximum atomic E-state index is 6.07. The molecule has 74 valence electrons. The van der Waals surface area contributed by atoms with Gasteiger partial charge in [0, 0.05) is 15.1 Å². The highest BCUT2D eigenvalue weighted by Crippen LogP contribution is 2.32. The van der Waals surface area contributed by atoms with Crippen LogP contribution in [0.4, 0.5) is 0 Å². The molecule has 0 radical (unpaired) electrons. The molecule has 1 aromatic heterocycles. The van der Waals surface area contributed by atoms with Gasteiger partial charge in [0.25, 0.3) is 0 Å². The van der Waals surface area contributed by atoms with E-state index in [-0.39, 0.29) is 5.54 Å². The number of thiophene rings is 1. The molecule has 0 fully saturated rings. The van der Waals surface area contributed by atoms with Gasteiger partial charge in [-0.1, -0.05) is 12.1 Å². The third-order valence-corrected chi connectivity index (χ3v) is 3.75. The lowest BCUT2D eigenvalue weighted by Crippen LogP contribution is -2.27. The molecule has 0 atom stereocenters. The van der Waals surface area contributed by atoms with E-state index in [2.05, 4.69) is 31.2 Å². The minimum absolute atomic E-state index is 0.225. The molecule has 2 heteroatoms. The third kappa shape index (κ3) is 1.68. The lowest BCUT2D eigenvalue weighted by atomic mass is 10.0. The van der Waals surface area contributed by atoms with E-state index in [1.165, 1.54) is 20.5 Å². The van der Waals surface area contributed by atoms with Gasteiger partial charge in [0.15, 0.2) is 0 Å². The molecule has 0 aliphatic rings. The molecule has 0 bridgehead atoms. The van der Waals surface area contributed by atoms with Gasteiger partial charge in [-0.3, -0.25) is 0 Å². The monoisotopic (exact) mass is 205 g/mol. The first-order valence-corrected chi connectivity index (χ1v) is 5.58. The smallest absolute Gasteiger partial charge is 0.0447 e. The molecule has 2 aromatic rings. The fourth-order valence-corrected chi connectivity index (χ4v) is 2.63. The van der Waals surface area contributed by atoms with Crippen molar-refractivity contribution < 1.29 is 0 Å². The molecule has 2 rings (SSSR count). The predicted molar refractivity (Wildman–Crippen MR) is 63.8 cm³/mol. The van der Waals surface area contributed by atoms with E-state index in [4.69, 9.17) is 5.73 Å². The van der Waals surface area contributed by atoms with Crippen molar-refractivity contribution in [2.75, 3.05) is 0 Å². The molecule has 1 nitrogen and oxygen atoms in total. The van der Waals surface area contributed by atoms with Gasteiger partial charge in [0.2, 0.25) is 0 Å². The molecule has 0 unspecified atom stereocenters. The van der Waals surface area contributed by atoms with Crippen LogP contribution >= 0.6 is 11.3 Å². The van der Waals surface area contributed by atoms with Crippen LogP contribution in [0.15, 0.2) is 24.3 Å². The van der Waals surface area contributed by atoms with Crippen molar-refractivity contribution in [3.8, 4) is 0 Å². The van der Waals surface area contributed by atoms with E-state index in [9.17, 15) is 0 Å². The van der Waals surface area contributed by atoms with Crippen LogP contribution in [-0.2, 0) is 5.54 Å². The van der Waals surface area contributed by atoms with Crippen LogP contribution in [0.3, 0.4) is 0 Å². The Kier molecular flexibility index (Phi) is 2.13. The van der Waals surface area contributed by atoms with E-state index in [1.807, 2.05) is 13.8 Å². The molecule has 0 aliphatic heterocycles. The fourth-order valence-electron chi connectivity index (χ4n) is 1.46. The van der Waals surface area contributed by atoms with Crippen molar-refractivity contribution in [1.29, 1.82) is 0 Å². The van der Waals surface area contributed by atoms with E-state index < -0.39 is 0 Å². The summed E-state index contributed by atoms with van der Waals surface area (Å²) in [6.07, 6.45) is 0. The zero-order chi connectivity index (χ0) is 10.3. The summed E-state index contributed by atoms with van der Waals surface area (Å²) in [4.78, 5) is 1.25. The topological polar surface area (TPSA) is 26.0 Å². The summed E-state index contributed by atoms with van der Waals surface area (Å²) in [5.74, 6) is 0. The van der Waals surface area contributed by atoms with E-state index in [0.29, 0.717) is 0 Å². The molecular formula is C12H15NS. The van der Waals surface area contributed by atoms with E-state index in [1.54, 1.807) is 11.3 Å². The summed E-state index contributed by atoms with van der Waals surface area (Å²) in [6.45, 7) is 6.21. The molecule has 1 heterocycles. The SMILES string of the molecule is Cc1ccc2cc(C(C)(C)N)sc2c1. The van der Waals surface area contributed by atoms with Crippen LogP contribution in [0.25, 0.3) is 10.1 Å². The average molecular weight is 205 g/mol. The summed E-state index contributed by atoms with van der Waals surface area (Å²) in [5, 5.41) is 1.30. The number of rotatable bonds is 1. The van der Waals surface area contributed by atoms with Gasteiger partial charge >= 0.3 is 0 Å². The van der Waals surface area contributed by atoms with Gasteiger partial charge < -0.3 is 5.73 Å². The van der Waals surface area contributed by atoms with Crippen LogP contribution in [0, 0.1) is 6.92 Å². The summed E-state index contributed by atoms with van der Waals surface area (Å²) in [6, 6.07) is 8.72. The van der Waals surface area contributed by atoms with Crippen molar-refractivity contribution >= 4 is 21.4 Å². The number of hydrogen-bond acceptors (Lipinski definition) is 2. The normalized spacial score (nSPS) is 12.3. The molecule has 0 saturated carbocycles. The highest BCUT2D eigenvalue weighted by molar-refractivity contribution is 7.19. The lowest BCUT2D eigenvalue weighted by molar-refractivity contribution is 0.567. The molecule has 1 aromatic carbocycles. The van der Waals surface area contributed by atoms with Crippen LogP contribution < -0.4 is 5.73 Å². The number of hydrogen-bond donors (Lipinski definition) is 1. The Morgan fingerprint density at radius 1 is 1.21 bits per heavy atom. The molecule has 14 heavy (non-hydrogen) atoms. The maximum Gasteiger partial charge on any atom is 0.0447 e. The van der Waals surface area contributed by atoms with Gasteiger partial charge in [0.1, 0.15) is 0 Å². The van der Waals surface area contributed by atoms with Crippen molar-refractivity contribution in [3.05, 3.63) is 34.7 Å². The standard InChI is InChI=1S/C12H15NS/c1-8-4-5-9-7-11(12(2,3)13)14-10(9)6-8/h4-7H,13H2,1-3H3. The highest BCUT2D eigenvalue weighted by Gasteiger charge is 2.16. The zero-order valence-corrected chi connectivity index (χ0v) is 9.61. The lowest BCUT2D eigenvalue weighted by Gasteiger charge is -2.15. The van der Waals surface area contributed by atoms with Crippen molar-refractivity contribution in [3.63, 3.8) is 0 Å². The first kappa shape index (κ1) is 9.69. The largest absolute Gasteiger partial charge is 0.321 e. The van der Waals surface area contributed by atoms with Gasteiger partial charge in [-0.15, -0.1) is 11.3 Å². The molecule has 0 spiro atoms. The van der Waals surface area contributed by atoms with Gasteiger partial charge in [-0.2, -0.15) is 0 Å².